The number of furan rings is 1. The number of aromatic nitrogens is 2. The monoisotopic (exact) mass is 557 g/mol. The van der Waals surface area contributed by atoms with Crippen LogP contribution in [0.15, 0.2) is 47.0 Å². The predicted octanol–water partition coefficient (Wildman–Crippen LogP) is 4.93. The smallest absolute Gasteiger partial charge is 0.405 e. The van der Waals surface area contributed by atoms with Gasteiger partial charge in [0.25, 0.3) is 11.8 Å². The highest BCUT2D eigenvalue weighted by atomic mass is 19.4. The zero-order chi connectivity index (χ0) is 28.6. The minimum Gasteiger partial charge on any atom is -0.480 e. The third kappa shape index (κ3) is 5.53. The molecule has 0 atom stereocenters. The van der Waals surface area contributed by atoms with Gasteiger partial charge in [0, 0.05) is 36.0 Å². The molecule has 0 unspecified atom stereocenters. The molecule has 2 amide bonds. The van der Waals surface area contributed by atoms with Gasteiger partial charge in [0.1, 0.15) is 29.5 Å². The second-order valence-corrected chi connectivity index (χ2v) is 9.13. The van der Waals surface area contributed by atoms with Crippen molar-refractivity contribution < 1.29 is 36.3 Å². The zero-order valence-electron chi connectivity index (χ0n) is 21.3. The molecule has 4 aromatic rings. The van der Waals surface area contributed by atoms with Gasteiger partial charge in [0.05, 0.1) is 18.1 Å². The van der Waals surface area contributed by atoms with E-state index in [0.717, 1.165) is 12.8 Å². The van der Waals surface area contributed by atoms with E-state index in [4.69, 9.17) is 9.15 Å². The Morgan fingerprint density at radius 2 is 1.82 bits per heavy atom. The van der Waals surface area contributed by atoms with E-state index in [1.807, 2.05) is 0 Å². The molecular weight excluding hydrogens is 534 g/mol. The van der Waals surface area contributed by atoms with E-state index in [0.29, 0.717) is 5.56 Å². The predicted molar refractivity (Wildman–Crippen MR) is 138 cm³/mol. The summed E-state index contributed by atoms with van der Waals surface area (Å²) >= 11 is 0. The third-order valence-electron chi connectivity index (χ3n) is 6.21. The maximum absolute atomic E-state index is 13.6. The lowest BCUT2D eigenvalue weighted by Crippen LogP contribution is -2.26. The molecule has 40 heavy (non-hydrogen) atoms. The first-order valence-electron chi connectivity index (χ1n) is 12.2. The zero-order valence-corrected chi connectivity index (χ0v) is 21.3. The van der Waals surface area contributed by atoms with E-state index in [1.54, 1.807) is 0 Å². The number of carbonyl (C=O) groups excluding carboxylic acids is 2. The van der Waals surface area contributed by atoms with Crippen LogP contribution in [0.25, 0.3) is 33.6 Å². The molecule has 208 valence electrons. The highest BCUT2D eigenvalue weighted by Crippen LogP contribution is 2.39. The number of benzene rings is 1. The molecule has 1 aromatic carbocycles. The van der Waals surface area contributed by atoms with Crippen molar-refractivity contribution in [3.63, 3.8) is 0 Å². The number of rotatable bonds is 8. The van der Waals surface area contributed by atoms with Gasteiger partial charge in [0.15, 0.2) is 0 Å². The van der Waals surface area contributed by atoms with Crippen LogP contribution in [0.5, 0.6) is 5.88 Å². The van der Waals surface area contributed by atoms with Crippen molar-refractivity contribution in [3.8, 4) is 28.3 Å². The number of carbonyl (C=O) groups is 2. The van der Waals surface area contributed by atoms with Gasteiger partial charge in [-0.25, -0.2) is 9.37 Å². The minimum atomic E-state index is -4.57. The van der Waals surface area contributed by atoms with E-state index in [9.17, 15) is 27.2 Å². The number of ether oxygens (including phenoxy) is 1. The molecule has 0 bridgehead atoms. The van der Waals surface area contributed by atoms with Crippen LogP contribution in [0.1, 0.15) is 33.6 Å². The molecule has 3 aromatic heterocycles. The van der Waals surface area contributed by atoms with Crippen LogP contribution in [-0.2, 0) is 0 Å². The van der Waals surface area contributed by atoms with E-state index in [2.05, 4.69) is 25.9 Å². The lowest BCUT2D eigenvalue weighted by Gasteiger charge is -2.15. The topological polar surface area (TPSA) is 118 Å². The Kier molecular flexibility index (Phi) is 7.04. The molecule has 0 spiro atoms. The van der Waals surface area contributed by atoms with Gasteiger partial charge in [-0.05, 0) is 49.2 Å². The van der Waals surface area contributed by atoms with Crippen LogP contribution in [0.3, 0.4) is 0 Å². The fraction of sp³-hybridized carbons (Fsp3) is 0.259. The van der Waals surface area contributed by atoms with Crippen LogP contribution >= 0.6 is 0 Å². The van der Waals surface area contributed by atoms with Crippen molar-refractivity contribution in [1.29, 1.82) is 0 Å². The molecule has 1 fully saturated rings. The molecule has 1 aliphatic rings. The van der Waals surface area contributed by atoms with Crippen molar-refractivity contribution in [3.05, 3.63) is 59.5 Å². The van der Waals surface area contributed by atoms with E-state index in [-0.39, 0.29) is 56.9 Å². The van der Waals surface area contributed by atoms with Crippen molar-refractivity contribution in [2.24, 2.45) is 0 Å². The number of nitrogens with one attached hydrogen (secondary N) is 3. The van der Waals surface area contributed by atoms with Crippen LogP contribution in [0.2, 0.25) is 0 Å². The number of anilines is 1. The van der Waals surface area contributed by atoms with Crippen molar-refractivity contribution in [1.82, 2.24) is 20.6 Å². The fourth-order valence-corrected chi connectivity index (χ4v) is 4.13. The summed E-state index contributed by atoms with van der Waals surface area (Å²) in [6, 6.07) is 8.09. The summed E-state index contributed by atoms with van der Waals surface area (Å²) in [7, 11) is 2.75. The van der Waals surface area contributed by atoms with E-state index < -0.39 is 30.4 Å². The summed E-state index contributed by atoms with van der Waals surface area (Å²) in [5.74, 6) is -1.63. The number of hydrogen-bond acceptors (Lipinski definition) is 7. The largest absolute Gasteiger partial charge is 0.480 e. The maximum Gasteiger partial charge on any atom is 0.405 e. The van der Waals surface area contributed by atoms with Crippen molar-refractivity contribution >= 4 is 28.7 Å². The molecule has 3 N–H and O–H groups in total. The number of pyridine rings is 2. The van der Waals surface area contributed by atoms with Gasteiger partial charge in [-0.15, -0.1) is 0 Å². The van der Waals surface area contributed by atoms with Crippen molar-refractivity contribution in [2.75, 3.05) is 26.0 Å². The number of nitrogens with zero attached hydrogens (tertiary/aromatic N) is 2. The van der Waals surface area contributed by atoms with Gasteiger partial charge < -0.3 is 25.1 Å². The fourth-order valence-electron chi connectivity index (χ4n) is 4.13. The first-order valence-corrected chi connectivity index (χ1v) is 12.2. The first kappa shape index (κ1) is 26.9. The van der Waals surface area contributed by atoms with Crippen LogP contribution in [-0.4, -0.2) is 54.7 Å². The summed E-state index contributed by atoms with van der Waals surface area (Å²) in [5, 5.41) is 7.82. The van der Waals surface area contributed by atoms with Crippen molar-refractivity contribution in [2.45, 2.75) is 25.1 Å². The van der Waals surface area contributed by atoms with Crippen LogP contribution in [0, 0.1) is 5.82 Å². The Bertz CT molecular complexity index is 1600. The molecule has 1 aliphatic carbocycles. The standard InChI is InChI=1S/C27H23F4N5O4/c1-32-24(38)20-18-10-17(14-9-19(25(39-2)33-11-14)23(37)35-16-7-8-16)22(34-12-27(29,30)31)36-26(18)40-21(20)13-3-5-15(28)6-4-13/h3-6,9-11,16H,7-8,12H2,1-2H3,(H,32,38)(H,34,36)(H,35,37). The van der Waals surface area contributed by atoms with Gasteiger partial charge >= 0.3 is 6.18 Å². The summed E-state index contributed by atoms with van der Waals surface area (Å²) in [6.07, 6.45) is -1.56. The molecule has 0 radical (unpaired) electrons. The second kappa shape index (κ2) is 10.5. The molecule has 9 nitrogen and oxygen atoms in total. The number of alkyl halides is 3. The Morgan fingerprint density at radius 3 is 2.45 bits per heavy atom. The molecule has 0 saturated heterocycles. The second-order valence-electron chi connectivity index (χ2n) is 9.13. The third-order valence-corrected chi connectivity index (χ3v) is 6.21. The minimum absolute atomic E-state index is 0.0358. The SMILES string of the molecule is CNC(=O)c1c(-c2ccc(F)cc2)oc2nc(NCC(F)(F)F)c(-c3cnc(OC)c(C(=O)NC4CC4)c3)cc12. The number of hydrogen-bond donors (Lipinski definition) is 3. The Labute approximate surface area is 224 Å². The Hall–Kier alpha value is -4.68. The van der Waals surface area contributed by atoms with Gasteiger partial charge in [0.2, 0.25) is 11.6 Å². The lowest BCUT2D eigenvalue weighted by atomic mass is 10.0. The Morgan fingerprint density at radius 1 is 1.10 bits per heavy atom. The molecule has 5 rings (SSSR count). The van der Waals surface area contributed by atoms with Gasteiger partial charge in [-0.3, -0.25) is 9.59 Å². The lowest BCUT2D eigenvalue weighted by molar-refractivity contribution is -0.115. The number of halogens is 4. The molecule has 13 heteroatoms. The van der Waals surface area contributed by atoms with Crippen LogP contribution < -0.4 is 20.7 Å². The quantitative estimate of drug-likeness (QED) is 0.263. The maximum atomic E-state index is 13.6. The Balaban J connectivity index is 1.71. The molecule has 0 aliphatic heterocycles. The van der Waals surface area contributed by atoms with E-state index in [1.165, 1.54) is 56.8 Å². The molecular formula is C27H23F4N5O4. The molecule has 3 heterocycles. The number of methoxy groups -OCH3 is 1. The normalized spacial score (nSPS) is 13.2. The summed E-state index contributed by atoms with van der Waals surface area (Å²) < 4.78 is 64.2. The van der Waals surface area contributed by atoms with Gasteiger partial charge in [-0.1, -0.05) is 0 Å². The summed E-state index contributed by atoms with van der Waals surface area (Å²) in [6.45, 7) is -1.41. The number of fused-ring (bicyclic) bond motifs is 1. The highest BCUT2D eigenvalue weighted by Gasteiger charge is 2.30. The average molecular weight is 558 g/mol. The summed E-state index contributed by atoms with van der Waals surface area (Å²) in [4.78, 5) is 34.3. The van der Waals surface area contributed by atoms with E-state index >= 15 is 0 Å². The number of amides is 2. The summed E-state index contributed by atoms with van der Waals surface area (Å²) in [5.41, 5.74) is 0.735. The van der Waals surface area contributed by atoms with Gasteiger partial charge in [-0.2, -0.15) is 18.2 Å². The average Bonchev–Trinajstić information content (AvgIpc) is 3.67. The van der Waals surface area contributed by atoms with Crippen LogP contribution in [0.4, 0.5) is 23.4 Å². The highest BCUT2D eigenvalue weighted by molar-refractivity contribution is 6.11. The first-order chi connectivity index (χ1) is 19.1. The molecule has 1 saturated carbocycles.